The average molecular weight is 244 g/mol. The molecular weight excluding hydrogens is 228 g/mol. The largest absolute Gasteiger partial charge is 0.504 e. The predicted molar refractivity (Wildman–Crippen MR) is 71.0 cm³/mol. The van der Waals surface area contributed by atoms with Gasteiger partial charge in [-0.15, -0.1) is 0 Å². The lowest BCUT2D eigenvalue weighted by atomic mass is 9.93. The molecule has 18 heavy (non-hydrogen) atoms. The van der Waals surface area contributed by atoms with Crippen LogP contribution in [-0.4, -0.2) is 17.2 Å². The van der Waals surface area contributed by atoms with E-state index in [1.165, 1.54) is 13.5 Å². The molecule has 0 fully saturated rings. The summed E-state index contributed by atoms with van der Waals surface area (Å²) in [5, 5.41) is 10.6. The van der Waals surface area contributed by atoms with Crippen LogP contribution in [0.4, 0.5) is 5.69 Å². The number of ether oxygens (including phenoxy) is 1. The molecule has 0 aliphatic heterocycles. The minimum Gasteiger partial charge on any atom is -0.504 e. The van der Waals surface area contributed by atoms with Gasteiger partial charge in [-0.25, -0.2) is 0 Å². The second-order valence-corrected chi connectivity index (χ2v) is 4.70. The van der Waals surface area contributed by atoms with Gasteiger partial charge in [-0.1, -0.05) is 0 Å². The molecule has 3 rings (SSSR count). The molecule has 1 aliphatic carbocycles. The van der Waals surface area contributed by atoms with Gasteiger partial charge in [-0.3, -0.25) is 4.98 Å². The van der Waals surface area contributed by atoms with E-state index in [9.17, 15) is 5.11 Å². The topological polar surface area (TPSA) is 68.4 Å². The van der Waals surface area contributed by atoms with Gasteiger partial charge < -0.3 is 15.6 Å². The van der Waals surface area contributed by atoms with Crippen molar-refractivity contribution in [2.24, 2.45) is 0 Å². The first-order valence-electron chi connectivity index (χ1n) is 6.18. The van der Waals surface area contributed by atoms with Gasteiger partial charge in [0.2, 0.25) is 0 Å². The molecule has 0 spiro atoms. The van der Waals surface area contributed by atoms with Crippen LogP contribution in [0.1, 0.15) is 24.1 Å². The Hall–Kier alpha value is -1.97. The van der Waals surface area contributed by atoms with Gasteiger partial charge in [0.1, 0.15) is 0 Å². The van der Waals surface area contributed by atoms with Crippen molar-refractivity contribution in [1.82, 2.24) is 4.98 Å². The number of aromatic hydroxyl groups is 1. The first-order chi connectivity index (χ1) is 8.70. The van der Waals surface area contributed by atoms with Gasteiger partial charge >= 0.3 is 0 Å². The number of pyridine rings is 1. The van der Waals surface area contributed by atoms with Crippen LogP contribution in [0, 0.1) is 0 Å². The number of hydrogen-bond acceptors (Lipinski definition) is 4. The normalized spacial score (nSPS) is 14.5. The fourth-order valence-electron chi connectivity index (χ4n) is 2.64. The summed E-state index contributed by atoms with van der Waals surface area (Å²) in [5.41, 5.74) is 10.0. The smallest absolute Gasteiger partial charge is 0.162 e. The molecule has 2 aromatic rings. The zero-order valence-corrected chi connectivity index (χ0v) is 10.4. The number of nitrogens with zero attached hydrogens (tertiary/aromatic N) is 1. The second-order valence-electron chi connectivity index (χ2n) is 4.70. The number of aryl methyl sites for hydroxylation is 1. The molecule has 1 aromatic carbocycles. The van der Waals surface area contributed by atoms with E-state index in [4.69, 9.17) is 10.5 Å². The van der Waals surface area contributed by atoms with Crippen LogP contribution in [0.3, 0.4) is 0 Å². The van der Waals surface area contributed by atoms with Crippen LogP contribution < -0.4 is 10.5 Å². The number of benzene rings is 1. The number of rotatable bonds is 1. The predicted octanol–water partition coefficient (Wildman–Crippen LogP) is 2.41. The highest BCUT2D eigenvalue weighted by Crippen LogP contribution is 2.36. The molecule has 4 heteroatoms. The Bertz CT molecular complexity index is 623. The fourth-order valence-corrected chi connectivity index (χ4v) is 2.64. The van der Waals surface area contributed by atoms with E-state index in [0.717, 1.165) is 47.1 Å². The molecular formula is C14H16N2O2. The van der Waals surface area contributed by atoms with Gasteiger partial charge in [0.15, 0.2) is 11.5 Å². The van der Waals surface area contributed by atoms with Crippen molar-refractivity contribution < 1.29 is 9.84 Å². The minimum atomic E-state index is 0.106. The molecule has 94 valence electrons. The molecule has 0 bridgehead atoms. The summed E-state index contributed by atoms with van der Waals surface area (Å²) in [6.07, 6.45) is 4.29. The number of fused-ring (bicyclic) bond motifs is 2. The molecule has 1 aromatic heterocycles. The zero-order chi connectivity index (χ0) is 12.7. The number of phenolic OH excluding ortho intramolecular Hbond substituents is 1. The third kappa shape index (κ3) is 1.56. The minimum absolute atomic E-state index is 0.106. The zero-order valence-electron chi connectivity index (χ0n) is 10.4. The molecule has 4 nitrogen and oxygen atoms in total. The molecule has 3 N–H and O–H groups in total. The lowest BCUT2D eigenvalue weighted by molar-refractivity contribution is 0.374. The molecule has 0 amide bonds. The molecule has 0 unspecified atom stereocenters. The van der Waals surface area contributed by atoms with Crippen molar-refractivity contribution in [1.29, 1.82) is 0 Å². The number of nitrogen functional groups attached to an aromatic ring is 1. The summed E-state index contributed by atoms with van der Waals surface area (Å²) >= 11 is 0. The van der Waals surface area contributed by atoms with Gasteiger partial charge in [-0.05, 0) is 37.3 Å². The Labute approximate surface area is 105 Å². The van der Waals surface area contributed by atoms with Crippen LogP contribution in [0.15, 0.2) is 12.1 Å². The summed E-state index contributed by atoms with van der Waals surface area (Å²) in [7, 11) is 1.53. The quantitative estimate of drug-likeness (QED) is 0.808. The summed E-state index contributed by atoms with van der Waals surface area (Å²) in [4.78, 5) is 4.66. The summed E-state index contributed by atoms with van der Waals surface area (Å²) < 4.78 is 5.11. The summed E-state index contributed by atoms with van der Waals surface area (Å²) in [6.45, 7) is 0. The molecule has 1 aliphatic rings. The van der Waals surface area contributed by atoms with Gasteiger partial charge in [0.05, 0.1) is 12.6 Å². The van der Waals surface area contributed by atoms with Crippen LogP contribution in [0.5, 0.6) is 11.5 Å². The van der Waals surface area contributed by atoms with E-state index in [-0.39, 0.29) is 5.75 Å². The number of anilines is 1. The Morgan fingerprint density at radius 1 is 1.28 bits per heavy atom. The third-order valence-corrected chi connectivity index (χ3v) is 3.61. The Balaban J connectivity index is 2.31. The van der Waals surface area contributed by atoms with Crippen LogP contribution in [0.2, 0.25) is 0 Å². The summed E-state index contributed by atoms with van der Waals surface area (Å²) in [6, 6.07) is 3.39. The van der Waals surface area contributed by atoms with E-state index in [0.29, 0.717) is 5.75 Å². The molecule has 0 atom stereocenters. The molecule has 0 saturated carbocycles. The van der Waals surface area contributed by atoms with Gasteiger partial charge in [0.25, 0.3) is 0 Å². The number of methoxy groups -OCH3 is 1. The maximum atomic E-state index is 9.83. The monoisotopic (exact) mass is 244 g/mol. The van der Waals surface area contributed by atoms with Crippen molar-refractivity contribution in [2.45, 2.75) is 25.7 Å². The highest BCUT2D eigenvalue weighted by atomic mass is 16.5. The lowest BCUT2D eigenvalue weighted by Crippen LogP contribution is -2.09. The molecule has 1 heterocycles. The standard InChI is InChI=1S/C14H16N2O2/c1-18-13-7-11-9(6-12(13)17)14(15)8-4-2-3-5-10(8)16-11/h6-7,17H,2-5H2,1H3,(H2,15,16). The van der Waals surface area contributed by atoms with Crippen molar-refractivity contribution in [3.8, 4) is 11.5 Å². The second kappa shape index (κ2) is 4.05. The van der Waals surface area contributed by atoms with E-state index in [1.807, 2.05) is 0 Å². The SMILES string of the molecule is COc1cc2nc3c(c(N)c2cc1O)CCCC3. The van der Waals surface area contributed by atoms with E-state index >= 15 is 0 Å². The van der Waals surface area contributed by atoms with Crippen molar-refractivity contribution in [2.75, 3.05) is 12.8 Å². The van der Waals surface area contributed by atoms with E-state index in [1.54, 1.807) is 12.1 Å². The Morgan fingerprint density at radius 3 is 2.83 bits per heavy atom. The average Bonchev–Trinajstić information content (AvgIpc) is 2.39. The number of hydrogen-bond donors (Lipinski definition) is 2. The molecule has 0 saturated heterocycles. The lowest BCUT2D eigenvalue weighted by Gasteiger charge is -2.19. The Kier molecular flexibility index (Phi) is 2.51. The Morgan fingerprint density at radius 2 is 2.06 bits per heavy atom. The van der Waals surface area contributed by atoms with Crippen molar-refractivity contribution in [3.63, 3.8) is 0 Å². The highest BCUT2D eigenvalue weighted by molar-refractivity contribution is 5.94. The van der Waals surface area contributed by atoms with Crippen LogP contribution in [-0.2, 0) is 12.8 Å². The maximum absolute atomic E-state index is 9.83. The first kappa shape index (κ1) is 11.1. The van der Waals surface area contributed by atoms with Crippen LogP contribution >= 0.6 is 0 Å². The first-order valence-corrected chi connectivity index (χ1v) is 6.18. The van der Waals surface area contributed by atoms with Gasteiger partial charge in [-0.2, -0.15) is 0 Å². The van der Waals surface area contributed by atoms with E-state index in [2.05, 4.69) is 4.98 Å². The molecule has 0 radical (unpaired) electrons. The number of aromatic nitrogens is 1. The fraction of sp³-hybridized carbons (Fsp3) is 0.357. The van der Waals surface area contributed by atoms with Crippen molar-refractivity contribution >= 4 is 16.6 Å². The highest BCUT2D eigenvalue weighted by Gasteiger charge is 2.17. The van der Waals surface area contributed by atoms with E-state index < -0.39 is 0 Å². The number of nitrogens with two attached hydrogens (primary N) is 1. The van der Waals surface area contributed by atoms with Gasteiger partial charge in [0, 0.05) is 22.8 Å². The maximum Gasteiger partial charge on any atom is 0.162 e. The van der Waals surface area contributed by atoms with Crippen LogP contribution in [0.25, 0.3) is 10.9 Å². The third-order valence-electron chi connectivity index (χ3n) is 3.61. The van der Waals surface area contributed by atoms with Crippen molar-refractivity contribution in [3.05, 3.63) is 23.4 Å². The summed E-state index contributed by atoms with van der Waals surface area (Å²) in [5.74, 6) is 0.541. The number of phenols is 1.